The van der Waals surface area contributed by atoms with Crippen LogP contribution in [0.5, 0.6) is 0 Å². The van der Waals surface area contributed by atoms with Crippen LogP contribution in [0.2, 0.25) is 0 Å². The fraction of sp³-hybridized carbons (Fsp3) is 0.267. The van der Waals surface area contributed by atoms with Gasteiger partial charge in [0.1, 0.15) is 5.82 Å². The predicted octanol–water partition coefficient (Wildman–Crippen LogP) is 3.00. The molecule has 0 atom stereocenters. The molecule has 2 aromatic rings. The summed E-state index contributed by atoms with van der Waals surface area (Å²) in [6, 6.07) is 9.49. The minimum Gasteiger partial charge on any atom is -0.368 e. The van der Waals surface area contributed by atoms with Crippen LogP contribution in [0.1, 0.15) is 20.8 Å². The molecular weight excluding hydrogens is 266 g/mol. The fourth-order valence-electron chi connectivity index (χ4n) is 1.76. The molecule has 1 heterocycles. The summed E-state index contributed by atoms with van der Waals surface area (Å²) in [7, 11) is 0. The zero-order chi connectivity index (χ0) is 15.2. The molecule has 0 saturated heterocycles. The first-order valence-electron chi connectivity index (χ1n) is 6.77. The Morgan fingerprint density at radius 3 is 2.38 bits per heavy atom. The van der Waals surface area contributed by atoms with Crippen LogP contribution in [-0.4, -0.2) is 21.9 Å². The van der Waals surface area contributed by atoms with Crippen molar-refractivity contribution in [2.45, 2.75) is 26.8 Å². The first-order valence-corrected chi connectivity index (χ1v) is 6.77. The Hall–Kier alpha value is -2.63. The van der Waals surface area contributed by atoms with Crippen LogP contribution in [0.4, 0.5) is 23.1 Å². The maximum atomic E-state index is 11.0. The standard InChI is InChI=1S/C15H19N5O/c1-10(2)17-14-8-9-16-15(20-14)19-13-6-4-12(5-7-13)18-11(3)21/h4-10H,1-3H3,(H,18,21)(H2,16,17,19,20). The van der Waals surface area contributed by atoms with Crippen LogP contribution in [0.3, 0.4) is 0 Å². The summed E-state index contributed by atoms with van der Waals surface area (Å²) in [6.45, 7) is 5.58. The molecule has 6 nitrogen and oxygen atoms in total. The van der Waals surface area contributed by atoms with Gasteiger partial charge in [0.05, 0.1) is 0 Å². The van der Waals surface area contributed by atoms with Crippen molar-refractivity contribution in [3.05, 3.63) is 36.5 Å². The third-order valence-corrected chi connectivity index (χ3v) is 2.55. The molecule has 1 aromatic heterocycles. The van der Waals surface area contributed by atoms with Gasteiger partial charge in [-0.05, 0) is 44.2 Å². The molecule has 0 bridgehead atoms. The van der Waals surface area contributed by atoms with Crippen molar-refractivity contribution in [3.63, 3.8) is 0 Å². The summed E-state index contributed by atoms with van der Waals surface area (Å²) in [4.78, 5) is 19.5. The maximum absolute atomic E-state index is 11.0. The number of benzene rings is 1. The summed E-state index contributed by atoms with van der Waals surface area (Å²) >= 11 is 0. The molecule has 1 amide bonds. The van der Waals surface area contributed by atoms with Crippen LogP contribution in [0, 0.1) is 0 Å². The van der Waals surface area contributed by atoms with Crippen LogP contribution in [-0.2, 0) is 4.79 Å². The van der Waals surface area contributed by atoms with Gasteiger partial charge in [0, 0.05) is 30.5 Å². The topological polar surface area (TPSA) is 78.9 Å². The largest absolute Gasteiger partial charge is 0.368 e. The molecule has 1 aromatic carbocycles. The van der Waals surface area contributed by atoms with Crippen molar-refractivity contribution in [1.82, 2.24) is 9.97 Å². The van der Waals surface area contributed by atoms with E-state index < -0.39 is 0 Å². The van der Waals surface area contributed by atoms with Gasteiger partial charge in [-0.25, -0.2) is 4.98 Å². The van der Waals surface area contributed by atoms with Crippen LogP contribution in [0.25, 0.3) is 0 Å². The van der Waals surface area contributed by atoms with E-state index in [-0.39, 0.29) is 5.91 Å². The Kier molecular flexibility index (Phi) is 4.71. The van der Waals surface area contributed by atoms with Gasteiger partial charge in [-0.3, -0.25) is 4.79 Å². The first-order chi connectivity index (χ1) is 10.0. The molecular formula is C15H19N5O. The molecule has 0 aliphatic heterocycles. The minimum atomic E-state index is -0.0912. The van der Waals surface area contributed by atoms with Crippen molar-refractivity contribution in [1.29, 1.82) is 0 Å². The second-order valence-electron chi connectivity index (χ2n) is 4.95. The molecule has 0 spiro atoms. The predicted molar refractivity (Wildman–Crippen MR) is 84.8 cm³/mol. The van der Waals surface area contributed by atoms with Gasteiger partial charge in [0.15, 0.2) is 0 Å². The number of hydrogen-bond donors (Lipinski definition) is 3. The van der Waals surface area contributed by atoms with Crippen molar-refractivity contribution < 1.29 is 4.79 Å². The Balaban J connectivity index is 2.05. The lowest BCUT2D eigenvalue weighted by atomic mass is 10.3. The van der Waals surface area contributed by atoms with E-state index in [2.05, 4.69) is 39.8 Å². The van der Waals surface area contributed by atoms with E-state index in [0.717, 1.165) is 17.2 Å². The van der Waals surface area contributed by atoms with E-state index in [4.69, 9.17) is 0 Å². The highest BCUT2D eigenvalue weighted by molar-refractivity contribution is 5.88. The van der Waals surface area contributed by atoms with Gasteiger partial charge in [-0.2, -0.15) is 4.98 Å². The van der Waals surface area contributed by atoms with E-state index in [1.165, 1.54) is 6.92 Å². The Morgan fingerprint density at radius 1 is 1.10 bits per heavy atom. The first kappa shape index (κ1) is 14.8. The second-order valence-corrected chi connectivity index (χ2v) is 4.95. The quantitative estimate of drug-likeness (QED) is 0.787. The van der Waals surface area contributed by atoms with Crippen molar-refractivity contribution in [2.24, 2.45) is 0 Å². The molecule has 0 aliphatic rings. The summed E-state index contributed by atoms with van der Waals surface area (Å²) in [6.07, 6.45) is 1.70. The van der Waals surface area contributed by atoms with Gasteiger partial charge >= 0.3 is 0 Å². The molecule has 3 N–H and O–H groups in total. The number of nitrogens with zero attached hydrogens (tertiary/aromatic N) is 2. The van der Waals surface area contributed by atoms with Gasteiger partial charge in [0.25, 0.3) is 0 Å². The monoisotopic (exact) mass is 285 g/mol. The van der Waals surface area contributed by atoms with Gasteiger partial charge in [0.2, 0.25) is 11.9 Å². The molecule has 21 heavy (non-hydrogen) atoms. The molecule has 0 aliphatic carbocycles. The average molecular weight is 285 g/mol. The fourth-order valence-corrected chi connectivity index (χ4v) is 1.76. The van der Waals surface area contributed by atoms with Crippen LogP contribution in [0.15, 0.2) is 36.5 Å². The molecule has 0 unspecified atom stereocenters. The highest BCUT2D eigenvalue weighted by atomic mass is 16.1. The lowest BCUT2D eigenvalue weighted by molar-refractivity contribution is -0.114. The summed E-state index contributed by atoms with van der Waals surface area (Å²) < 4.78 is 0. The second kappa shape index (κ2) is 6.69. The van der Waals surface area contributed by atoms with E-state index in [1.807, 2.05) is 30.3 Å². The SMILES string of the molecule is CC(=O)Nc1ccc(Nc2nccc(NC(C)C)n2)cc1. The number of carbonyl (C=O) groups excluding carboxylic acids is 1. The summed E-state index contributed by atoms with van der Waals surface area (Å²) in [5.74, 6) is 1.21. The number of nitrogens with one attached hydrogen (secondary N) is 3. The average Bonchev–Trinajstić information content (AvgIpc) is 2.40. The van der Waals surface area contributed by atoms with Gasteiger partial charge in [-0.1, -0.05) is 0 Å². The van der Waals surface area contributed by atoms with Crippen molar-refractivity contribution >= 4 is 29.0 Å². The van der Waals surface area contributed by atoms with E-state index in [9.17, 15) is 4.79 Å². The Bertz CT molecular complexity index is 610. The highest BCUT2D eigenvalue weighted by Gasteiger charge is 2.02. The van der Waals surface area contributed by atoms with Crippen molar-refractivity contribution in [2.75, 3.05) is 16.0 Å². The molecule has 110 valence electrons. The summed E-state index contributed by atoms with van der Waals surface area (Å²) in [5.41, 5.74) is 1.61. The number of hydrogen-bond acceptors (Lipinski definition) is 5. The minimum absolute atomic E-state index is 0.0912. The molecule has 0 fully saturated rings. The van der Waals surface area contributed by atoms with Crippen molar-refractivity contribution in [3.8, 4) is 0 Å². The number of amides is 1. The Morgan fingerprint density at radius 2 is 1.76 bits per heavy atom. The van der Waals surface area contributed by atoms with E-state index >= 15 is 0 Å². The third-order valence-electron chi connectivity index (χ3n) is 2.55. The normalized spacial score (nSPS) is 10.3. The Labute approximate surface area is 124 Å². The van der Waals surface area contributed by atoms with Crippen LogP contribution < -0.4 is 16.0 Å². The molecule has 0 radical (unpaired) electrons. The maximum Gasteiger partial charge on any atom is 0.229 e. The zero-order valence-electron chi connectivity index (χ0n) is 12.3. The lowest BCUT2D eigenvalue weighted by Crippen LogP contribution is -2.11. The van der Waals surface area contributed by atoms with Gasteiger partial charge < -0.3 is 16.0 Å². The van der Waals surface area contributed by atoms with E-state index in [0.29, 0.717) is 12.0 Å². The van der Waals surface area contributed by atoms with E-state index in [1.54, 1.807) is 6.20 Å². The van der Waals surface area contributed by atoms with Crippen LogP contribution >= 0.6 is 0 Å². The third kappa shape index (κ3) is 4.76. The zero-order valence-corrected chi connectivity index (χ0v) is 12.3. The summed E-state index contributed by atoms with van der Waals surface area (Å²) in [5, 5.41) is 9.06. The smallest absolute Gasteiger partial charge is 0.229 e. The molecule has 2 rings (SSSR count). The molecule has 0 saturated carbocycles. The van der Waals surface area contributed by atoms with Gasteiger partial charge in [-0.15, -0.1) is 0 Å². The number of carbonyl (C=O) groups is 1. The lowest BCUT2D eigenvalue weighted by Gasteiger charge is -2.11. The number of anilines is 4. The number of aromatic nitrogens is 2. The molecule has 6 heteroatoms. The highest BCUT2D eigenvalue weighted by Crippen LogP contribution is 2.17. The number of rotatable bonds is 5.